The average Bonchev–Trinajstić information content (AvgIpc) is 3.33. The highest BCUT2D eigenvalue weighted by Crippen LogP contribution is 2.24. The molecule has 1 N–H and O–H groups in total. The van der Waals surface area contributed by atoms with Gasteiger partial charge in [0.2, 0.25) is 0 Å². The molecule has 0 aliphatic carbocycles. The lowest BCUT2D eigenvalue weighted by Crippen LogP contribution is -2.42. The van der Waals surface area contributed by atoms with E-state index in [4.69, 9.17) is 16.9 Å². The first-order valence-corrected chi connectivity index (χ1v) is 9.31. The Morgan fingerprint density at radius 1 is 1.17 bits per heavy atom. The fourth-order valence-electron chi connectivity index (χ4n) is 3.25. The Hall–Kier alpha value is -3.77. The smallest absolute Gasteiger partial charge is 0.261 e. The van der Waals surface area contributed by atoms with Gasteiger partial charge in [0, 0.05) is 12.4 Å². The van der Waals surface area contributed by atoms with Crippen molar-refractivity contribution in [1.82, 2.24) is 19.7 Å². The quantitative estimate of drug-likeness (QED) is 0.482. The van der Waals surface area contributed by atoms with Crippen LogP contribution in [0.3, 0.4) is 0 Å². The molecule has 0 saturated carbocycles. The van der Waals surface area contributed by atoms with Crippen LogP contribution in [0.4, 0.5) is 10.2 Å². The van der Waals surface area contributed by atoms with E-state index >= 15 is 0 Å². The van der Waals surface area contributed by atoms with Crippen molar-refractivity contribution in [2.24, 2.45) is 0 Å². The molecule has 3 heterocycles. The number of fused-ring (bicyclic) bond motifs is 1. The molecule has 10 heteroatoms. The number of hydrogen-bond donors (Lipinski definition) is 1. The summed E-state index contributed by atoms with van der Waals surface area (Å²) in [6.07, 6.45) is 3.28. The third-order valence-corrected chi connectivity index (χ3v) is 4.93. The molecule has 0 unspecified atom stereocenters. The van der Waals surface area contributed by atoms with Gasteiger partial charge in [0.1, 0.15) is 11.2 Å². The molecule has 3 aromatic rings. The Kier molecular flexibility index (Phi) is 5.16. The second kappa shape index (κ2) is 7.93. The van der Waals surface area contributed by atoms with E-state index in [1.807, 2.05) is 0 Å². The van der Waals surface area contributed by atoms with Gasteiger partial charge in [0.05, 0.1) is 35.8 Å². The summed E-state index contributed by atoms with van der Waals surface area (Å²) < 4.78 is 16.0. The second-order valence-electron chi connectivity index (χ2n) is 6.60. The number of halogens is 2. The van der Waals surface area contributed by atoms with Crippen molar-refractivity contribution in [3.8, 4) is 6.07 Å². The van der Waals surface area contributed by atoms with Gasteiger partial charge < -0.3 is 5.32 Å². The largest absolute Gasteiger partial charge is 0.361 e. The summed E-state index contributed by atoms with van der Waals surface area (Å²) in [5.41, 5.74) is 0.556. The molecule has 0 fully saturated rings. The monoisotopic (exact) mass is 424 g/mol. The van der Waals surface area contributed by atoms with Gasteiger partial charge in [-0.15, -0.1) is 0 Å². The van der Waals surface area contributed by atoms with Crippen LogP contribution in [0.25, 0.3) is 0 Å². The first-order chi connectivity index (χ1) is 14.5. The predicted octanol–water partition coefficient (Wildman–Crippen LogP) is 2.72. The van der Waals surface area contributed by atoms with Gasteiger partial charge in [-0.2, -0.15) is 10.4 Å². The van der Waals surface area contributed by atoms with E-state index < -0.39 is 23.7 Å². The van der Waals surface area contributed by atoms with Gasteiger partial charge in [-0.25, -0.2) is 9.37 Å². The maximum absolute atomic E-state index is 14.4. The van der Waals surface area contributed by atoms with Crippen LogP contribution in [0.15, 0.2) is 48.8 Å². The Labute approximate surface area is 175 Å². The standard InChI is InChI=1S/C20H14ClFN6O2/c21-17-12(9-23)8-16(22)18(26-17)25-13(10-27-7-3-6-24-27)11-28-19(29)14-4-1-2-5-15(14)20(28)30/h1-8,13H,10-11H2,(H,25,26)/t13-/m1/s1. The lowest BCUT2D eigenvalue weighted by atomic mass is 10.1. The highest BCUT2D eigenvalue weighted by Gasteiger charge is 2.36. The molecule has 0 bridgehead atoms. The number of anilines is 1. The van der Waals surface area contributed by atoms with Gasteiger partial charge in [-0.05, 0) is 24.3 Å². The van der Waals surface area contributed by atoms with E-state index in [1.165, 1.54) is 0 Å². The lowest BCUT2D eigenvalue weighted by molar-refractivity contribution is 0.0644. The minimum atomic E-state index is -0.774. The van der Waals surface area contributed by atoms with Crippen LogP contribution in [0, 0.1) is 17.1 Å². The van der Waals surface area contributed by atoms with E-state index in [9.17, 15) is 14.0 Å². The van der Waals surface area contributed by atoms with Crippen molar-refractivity contribution < 1.29 is 14.0 Å². The molecule has 8 nitrogen and oxygen atoms in total. The van der Waals surface area contributed by atoms with Gasteiger partial charge in [-0.3, -0.25) is 19.2 Å². The number of nitrogens with one attached hydrogen (secondary N) is 1. The zero-order valence-electron chi connectivity index (χ0n) is 15.4. The van der Waals surface area contributed by atoms with Crippen LogP contribution in [-0.2, 0) is 6.54 Å². The Morgan fingerprint density at radius 3 is 2.47 bits per heavy atom. The number of hydrogen-bond acceptors (Lipinski definition) is 6. The number of aromatic nitrogens is 3. The fraction of sp³-hybridized carbons (Fsp3) is 0.150. The summed E-state index contributed by atoms with van der Waals surface area (Å²) in [7, 11) is 0. The molecule has 1 aliphatic rings. The highest BCUT2D eigenvalue weighted by atomic mass is 35.5. The highest BCUT2D eigenvalue weighted by molar-refractivity contribution is 6.30. The van der Waals surface area contributed by atoms with Crippen molar-refractivity contribution >= 4 is 29.2 Å². The molecule has 150 valence electrons. The van der Waals surface area contributed by atoms with E-state index in [0.717, 1.165) is 11.0 Å². The van der Waals surface area contributed by atoms with Crippen molar-refractivity contribution in [3.05, 3.63) is 76.5 Å². The predicted molar refractivity (Wildman–Crippen MR) is 105 cm³/mol. The third kappa shape index (κ3) is 3.60. The number of nitrogens with zero attached hydrogens (tertiary/aromatic N) is 5. The zero-order valence-corrected chi connectivity index (χ0v) is 16.2. The van der Waals surface area contributed by atoms with E-state index in [0.29, 0.717) is 11.1 Å². The van der Waals surface area contributed by atoms with Crippen molar-refractivity contribution in [1.29, 1.82) is 5.26 Å². The average molecular weight is 425 g/mol. The Morgan fingerprint density at radius 2 is 1.87 bits per heavy atom. The molecule has 30 heavy (non-hydrogen) atoms. The van der Waals surface area contributed by atoms with Crippen LogP contribution in [-0.4, -0.2) is 44.1 Å². The number of nitriles is 1. The summed E-state index contributed by atoms with van der Waals surface area (Å²) in [6, 6.07) is 10.4. The van der Waals surface area contributed by atoms with Crippen LogP contribution < -0.4 is 5.32 Å². The number of rotatable bonds is 6. The first kappa shape index (κ1) is 19.5. The molecule has 2 amide bonds. The third-order valence-electron chi connectivity index (χ3n) is 4.64. The molecule has 1 aromatic carbocycles. The summed E-state index contributed by atoms with van der Waals surface area (Å²) in [5.74, 6) is -1.81. The van der Waals surface area contributed by atoms with Crippen LogP contribution >= 0.6 is 11.6 Å². The maximum atomic E-state index is 14.4. The molecule has 0 spiro atoms. The first-order valence-electron chi connectivity index (χ1n) is 8.93. The molecule has 2 aromatic heterocycles. The summed E-state index contributed by atoms with van der Waals surface area (Å²) in [5, 5.41) is 15.8. The van der Waals surface area contributed by atoms with Gasteiger partial charge in [0.25, 0.3) is 11.8 Å². The number of carbonyl (C=O) groups excluding carboxylic acids is 2. The molecule has 1 aliphatic heterocycles. The fourth-order valence-corrected chi connectivity index (χ4v) is 3.43. The molecule has 4 rings (SSSR count). The molecular weight excluding hydrogens is 411 g/mol. The number of amides is 2. The number of imide groups is 1. The molecule has 1 atom stereocenters. The minimum Gasteiger partial charge on any atom is -0.361 e. The number of benzene rings is 1. The van der Waals surface area contributed by atoms with Gasteiger partial charge >= 0.3 is 0 Å². The minimum absolute atomic E-state index is 0.0506. The van der Waals surface area contributed by atoms with Crippen LogP contribution in [0.1, 0.15) is 26.3 Å². The summed E-state index contributed by atoms with van der Waals surface area (Å²) >= 11 is 5.93. The van der Waals surface area contributed by atoms with E-state index in [-0.39, 0.29) is 29.6 Å². The Balaban J connectivity index is 1.62. The maximum Gasteiger partial charge on any atom is 0.261 e. The second-order valence-corrected chi connectivity index (χ2v) is 6.96. The van der Waals surface area contributed by atoms with Gasteiger partial charge in [-0.1, -0.05) is 23.7 Å². The normalized spacial score (nSPS) is 13.8. The van der Waals surface area contributed by atoms with Crippen molar-refractivity contribution in [2.45, 2.75) is 12.6 Å². The molecular formula is C20H14ClFN6O2. The molecule has 0 radical (unpaired) electrons. The summed E-state index contributed by atoms with van der Waals surface area (Å²) in [6.45, 7) is 0.171. The summed E-state index contributed by atoms with van der Waals surface area (Å²) in [4.78, 5) is 30.4. The van der Waals surface area contributed by atoms with E-state index in [2.05, 4.69) is 15.4 Å². The van der Waals surface area contributed by atoms with Gasteiger partial charge in [0.15, 0.2) is 11.6 Å². The Bertz CT molecular complexity index is 1140. The number of pyridine rings is 1. The van der Waals surface area contributed by atoms with E-state index in [1.54, 1.807) is 53.5 Å². The zero-order chi connectivity index (χ0) is 21.3. The van der Waals surface area contributed by atoms with Crippen molar-refractivity contribution in [3.63, 3.8) is 0 Å². The topological polar surface area (TPSA) is 104 Å². The van der Waals surface area contributed by atoms with Crippen LogP contribution in [0.2, 0.25) is 5.15 Å². The molecule has 0 saturated heterocycles. The lowest BCUT2D eigenvalue weighted by Gasteiger charge is -2.24. The SMILES string of the molecule is N#Cc1cc(F)c(N[C@@H](CN2C(=O)c3ccccc3C2=O)Cn2cccn2)nc1Cl. The van der Waals surface area contributed by atoms with Crippen molar-refractivity contribution in [2.75, 3.05) is 11.9 Å². The number of carbonyl (C=O) groups is 2. The van der Waals surface area contributed by atoms with Crippen LogP contribution in [0.5, 0.6) is 0 Å².